The predicted molar refractivity (Wildman–Crippen MR) is 174 cm³/mol. The van der Waals surface area contributed by atoms with Gasteiger partial charge in [0, 0.05) is 10.6 Å². The monoisotopic (exact) mass is 681 g/mol. The van der Waals surface area contributed by atoms with Crippen LogP contribution in [0.5, 0.6) is 11.5 Å². The largest absolute Gasteiger partial charge is 0.493 e. The fraction of sp³-hybridized carbons (Fsp3) is 0.125. The summed E-state index contributed by atoms with van der Waals surface area (Å²) in [5.41, 5.74) is 5.42. The number of nitrogens with zero attached hydrogens (tertiary/aromatic N) is 2. The van der Waals surface area contributed by atoms with Crippen LogP contribution in [0.15, 0.2) is 112 Å². The van der Waals surface area contributed by atoms with Crippen molar-refractivity contribution in [2.45, 2.75) is 18.4 Å². The molecule has 0 heterocycles. The average Bonchev–Trinajstić information content (AvgIpc) is 3.01. The molecule has 0 unspecified atom stereocenters. The standard InChI is InChI=1S/C32H29BrClN3O5S/c1-4-16-42-31-28(33)17-24(18-30(31)41-3)20-35-36-32(38)25-13-11-23(12-14-25)21-37(29-19-26(34)15-10-22(29)2)43(39,40)27-8-6-5-7-9-27/h4-15,17-20H,1,16,21H2,2-3H3,(H,36,38)/b35-20-. The summed E-state index contributed by atoms with van der Waals surface area (Å²) in [4.78, 5) is 12.9. The number of amides is 1. The van der Waals surface area contributed by atoms with Crippen LogP contribution in [0.3, 0.4) is 0 Å². The Balaban J connectivity index is 1.51. The van der Waals surface area contributed by atoms with Gasteiger partial charge in [0.15, 0.2) is 11.5 Å². The Morgan fingerprint density at radius 1 is 1.07 bits per heavy atom. The van der Waals surface area contributed by atoms with Crippen molar-refractivity contribution in [2.24, 2.45) is 5.10 Å². The van der Waals surface area contributed by atoms with Gasteiger partial charge in [0.05, 0.1) is 34.9 Å². The highest BCUT2D eigenvalue weighted by Crippen LogP contribution is 2.36. The van der Waals surface area contributed by atoms with E-state index in [0.717, 1.165) is 5.56 Å². The molecule has 0 radical (unpaired) electrons. The Morgan fingerprint density at radius 2 is 1.79 bits per heavy atom. The molecule has 0 aliphatic carbocycles. The van der Waals surface area contributed by atoms with E-state index in [9.17, 15) is 13.2 Å². The van der Waals surface area contributed by atoms with Crippen molar-refractivity contribution >= 4 is 55.4 Å². The first-order chi connectivity index (χ1) is 20.6. The van der Waals surface area contributed by atoms with Gasteiger partial charge >= 0.3 is 0 Å². The van der Waals surface area contributed by atoms with E-state index in [1.54, 1.807) is 91.0 Å². The number of aryl methyl sites for hydroxylation is 1. The number of carbonyl (C=O) groups is 1. The van der Waals surface area contributed by atoms with E-state index in [-0.39, 0.29) is 11.4 Å². The van der Waals surface area contributed by atoms with Gasteiger partial charge in [-0.15, -0.1) is 0 Å². The maximum atomic E-state index is 13.7. The highest BCUT2D eigenvalue weighted by Gasteiger charge is 2.26. The number of carbonyl (C=O) groups excluding carboxylic acids is 1. The third-order valence-electron chi connectivity index (χ3n) is 6.29. The molecule has 0 aliphatic rings. The van der Waals surface area contributed by atoms with Crippen LogP contribution in [0.25, 0.3) is 0 Å². The van der Waals surface area contributed by atoms with Gasteiger partial charge in [-0.1, -0.05) is 60.7 Å². The highest BCUT2D eigenvalue weighted by atomic mass is 79.9. The van der Waals surface area contributed by atoms with Crippen LogP contribution in [0.4, 0.5) is 5.69 Å². The molecule has 0 spiro atoms. The van der Waals surface area contributed by atoms with Crippen molar-refractivity contribution in [3.8, 4) is 11.5 Å². The van der Waals surface area contributed by atoms with Gasteiger partial charge in [-0.25, -0.2) is 13.8 Å². The SMILES string of the molecule is C=CCOc1c(Br)cc(/C=N\NC(=O)c2ccc(CN(c3cc(Cl)ccc3C)S(=O)(=O)c3ccccc3)cc2)cc1OC. The molecule has 0 bridgehead atoms. The van der Waals surface area contributed by atoms with Crippen molar-refractivity contribution in [3.05, 3.63) is 129 Å². The Morgan fingerprint density at radius 3 is 2.47 bits per heavy atom. The zero-order chi connectivity index (χ0) is 31.0. The molecule has 11 heteroatoms. The first-order valence-corrected chi connectivity index (χ1v) is 15.6. The summed E-state index contributed by atoms with van der Waals surface area (Å²) < 4.78 is 40.4. The molecule has 0 aromatic heterocycles. The molecule has 4 rings (SSSR count). The smallest absolute Gasteiger partial charge is 0.271 e. The molecular formula is C32H29BrClN3O5S. The summed E-state index contributed by atoms with van der Waals surface area (Å²) in [5.74, 6) is 0.597. The lowest BCUT2D eigenvalue weighted by atomic mass is 10.1. The predicted octanol–water partition coefficient (Wildman–Crippen LogP) is 7.14. The minimum absolute atomic E-state index is 0.0294. The fourth-order valence-electron chi connectivity index (χ4n) is 4.12. The third-order valence-corrected chi connectivity index (χ3v) is 8.89. The van der Waals surface area contributed by atoms with E-state index >= 15 is 0 Å². The van der Waals surface area contributed by atoms with E-state index in [0.29, 0.717) is 50.0 Å². The number of methoxy groups -OCH3 is 1. The number of nitrogens with one attached hydrogen (secondary N) is 1. The second-order valence-electron chi connectivity index (χ2n) is 9.29. The van der Waals surface area contributed by atoms with Crippen LogP contribution in [0.2, 0.25) is 5.02 Å². The second-order valence-corrected chi connectivity index (χ2v) is 12.4. The molecule has 8 nitrogen and oxygen atoms in total. The minimum Gasteiger partial charge on any atom is -0.493 e. The van der Waals surface area contributed by atoms with Crippen LogP contribution < -0.4 is 19.2 Å². The lowest BCUT2D eigenvalue weighted by molar-refractivity contribution is 0.0955. The lowest BCUT2D eigenvalue weighted by Gasteiger charge is -2.26. The highest BCUT2D eigenvalue weighted by molar-refractivity contribution is 9.10. The number of hydrazone groups is 1. The summed E-state index contributed by atoms with van der Waals surface area (Å²) in [5, 5.41) is 4.48. The maximum absolute atomic E-state index is 13.7. The van der Waals surface area contributed by atoms with Crippen LogP contribution in [0.1, 0.15) is 27.0 Å². The molecule has 0 aliphatic heterocycles. The van der Waals surface area contributed by atoms with Crippen LogP contribution >= 0.6 is 27.5 Å². The Kier molecular flexibility index (Phi) is 10.6. The number of benzene rings is 4. The van der Waals surface area contributed by atoms with Gasteiger partial charge in [0.2, 0.25) is 0 Å². The summed E-state index contributed by atoms with van der Waals surface area (Å²) in [6, 6.07) is 23.5. The number of sulfonamides is 1. The first kappa shape index (κ1) is 31.8. The third kappa shape index (κ3) is 7.84. The minimum atomic E-state index is -3.92. The Hall–Kier alpha value is -4.12. The summed E-state index contributed by atoms with van der Waals surface area (Å²) in [6.07, 6.45) is 3.11. The topological polar surface area (TPSA) is 97.3 Å². The molecule has 1 N–H and O–H groups in total. The molecule has 0 fully saturated rings. The van der Waals surface area contributed by atoms with E-state index in [1.165, 1.54) is 17.6 Å². The van der Waals surface area contributed by atoms with Gasteiger partial charge in [0.25, 0.3) is 15.9 Å². The Bertz CT molecular complexity index is 1750. The number of rotatable bonds is 12. The normalized spacial score (nSPS) is 11.3. The number of ether oxygens (including phenoxy) is 2. The van der Waals surface area contributed by atoms with Gasteiger partial charge in [-0.3, -0.25) is 9.10 Å². The van der Waals surface area contributed by atoms with Crippen LogP contribution in [-0.4, -0.2) is 34.3 Å². The summed E-state index contributed by atoms with van der Waals surface area (Å²) in [6.45, 7) is 5.82. The molecule has 0 saturated heterocycles. The molecule has 4 aromatic rings. The molecule has 1 amide bonds. The van der Waals surface area contributed by atoms with Crippen molar-refractivity contribution in [1.29, 1.82) is 0 Å². The van der Waals surface area contributed by atoms with Crippen molar-refractivity contribution in [1.82, 2.24) is 5.43 Å². The molecule has 43 heavy (non-hydrogen) atoms. The van der Waals surface area contributed by atoms with Gasteiger partial charge in [-0.2, -0.15) is 5.10 Å². The molecule has 222 valence electrons. The molecule has 4 aromatic carbocycles. The molecule has 0 atom stereocenters. The number of anilines is 1. The number of halogens is 2. The first-order valence-electron chi connectivity index (χ1n) is 13.0. The van der Waals surface area contributed by atoms with E-state index in [2.05, 4.69) is 33.0 Å². The number of hydrogen-bond donors (Lipinski definition) is 1. The summed E-state index contributed by atoms with van der Waals surface area (Å²) >= 11 is 9.71. The zero-order valence-electron chi connectivity index (χ0n) is 23.5. The lowest BCUT2D eigenvalue weighted by Crippen LogP contribution is -2.31. The van der Waals surface area contributed by atoms with Gasteiger partial charge in [0.1, 0.15) is 6.61 Å². The fourth-order valence-corrected chi connectivity index (χ4v) is 6.40. The quantitative estimate of drug-likeness (QED) is 0.0974. The van der Waals surface area contributed by atoms with E-state index < -0.39 is 15.9 Å². The van der Waals surface area contributed by atoms with Crippen molar-refractivity contribution in [2.75, 3.05) is 18.0 Å². The van der Waals surface area contributed by atoms with Crippen LogP contribution in [-0.2, 0) is 16.6 Å². The van der Waals surface area contributed by atoms with E-state index in [4.69, 9.17) is 21.1 Å². The van der Waals surface area contributed by atoms with Crippen molar-refractivity contribution in [3.63, 3.8) is 0 Å². The van der Waals surface area contributed by atoms with E-state index in [1.807, 2.05) is 6.92 Å². The average molecular weight is 683 g/mol. The van der Waals surface area contributed by atoms with Crippen LogP contribution in [0, 0.1) is 6.92 Å². The second kappa shape index (κ2) is 14.4. The summed E-state index contributed by atoms with van der Waals surface area (Å²) in [7, 11) is -2.39. The zero-order valence-corrected chi connectivity index (χ0v) is 26.6. The Labute approximate surface area is 264 Å². The van der Waals surface area contributed by atoms with Gasteiger partial charge in [-0.05, 0) is 88.1 Å². The van der Waals surface area contributed by atoms with Crippen molar-refractivity contribution < 1.29 is 22.7 Å². The molecular weight excluding hydrogens is 654 g/mol. The van der Waals surface area contributed by atoms with Gasteiger partial charge < -0.3 is 9.47 Å². The number of hydrogen-bond acceptors (Lipinski definition) is 6. The molecule has 0 saturated carbocycles. The maximum Gasteiger partial charge on any atom is 0.271 e.